The maximum atomic E-state index is 14.8. The molecule has 24 heteroatoms. The molecule has 0 bridgehead atoms. The first-order chi connectivity index (χ1) is 28.1. The number of aliphatic hydroxyl groups is 1. The molecule has 0 saturated carbocycles. The number of aromatic nitrogens is 8. The van der Waals surface area contributed by atoms with Crippen LogP contribution in [-0.2, 0) is 34.4 Å². The fraction of sp³-hybridized carbons (Fsp3) is 0.324. The van der Waals surface area contributed by atoms with E-state index < -0.39 is 63.9 Å². The van der Waals surface area contributed by atoms with E-state index in [1.54, 1.807) is 39.5 Å². The lowest BCUT2D eigenvalue weighted by atomic mass is 10.1. The Hall–Kier alpha value is -5.96. The van der Waals surface area contributed by atoms with Crippen molar-refractivity contribution in [2.75, 3.05) is 24.7 Å². The first kappa shape index (κ1) is 38.9. The van der Waals surface area contributed by atoms with E-state index >= 15 is 0 Å². The number of fused-ring (bicyclic) bond motifs is 2. The molecule has 0 radical (unpaired) electrons. The minimum atomic E-state index is -4.71. The number of aliphatic hydroxyl groups excluding tert-OH is 1. The van der Waals surface area contributed by atoms with Crippen LogP contribution in [0.2, 0.25) is 5.02 Å². The average Bonchev–Trinajstić information content (AvgIpc) is 4.03. The zero-order valence-electron chi connectivity index (χ0n) is 30.0. The number of carbonyl (C=O) groups excluding carboxylic acids is 1. The maximum Gasteiger partial charge on any atom is 0.530 e. The van der Waals surface area contributed by atoms with Crippen molar-refractivity contribution >= 4 is 59.4 Å². The Bertz CT molecular complexity index is 2570. The molecule has 2 aliphatic heterocycles. The summed E-state index contributed by atoms with van der Waals surface area (Å²) in [6.45, 7) is -1.14. The number of nitrogens with two attached hydrogens (primary N) is 2. The molecule has 7 atom stereocenters. The van der Waals surface area contributed by atoms with Gasteiger partial charge in [0.05, 0.1) is 43.0 Å². The van der Waals surface area contributed by atoms with Crippen molar-refractivity contribution in [3.63, 3.8) is 0 Å². The number of carbonyl (C=O) groups is 1. The quantitative estimate of drug-likeness (QED) is 0.0441. The number of benzene rings is 2. The topological polar surface area (TPSA) is 298 Å². The van der Waals surface area contributed by atoms with Crippen LogP contribution in [0.5, 0.6) is 5.75 Å². The number of hydrogen-bond acceptors (Lipinski definition) is 18. The van der Waals surface area contributed by atoms with Crippen LogP contribution in [0.15, 0.2) is 79.0 Å². The number of ether oxygens (including phenoxy) is 3. The van der Waals surface area contributed by atoms with Gasteiger partial charge in [-0.25, -0.2) is 39.3 Å². The predicted molar refractivity (Wildman–Crippen MR) is 203 cm³/mol. The molecule has 0 spiro atoms. The van der Waals surface area contributed by atoms with Crippen molar-refractivity contribution in [2.45, 2.75) is 56.3 Å². The molecule has 58 heavy (non-hydrogen) atoms. The Morgan fingerprint density at radius 3 is 2.19 bits per heavy atom. The number of rotatable bonds is 14. The van der Waals surface area contributed by atoms with Crippen LogP contribution in [0.3, 0.4) is 0 Å². The Morgan fingerprint density at radius 1 is 0.914 bits per heavy atom. The fourth-order valence-electron chi connectivity index (χ4n) is 6.67. The standard InChI is InChI=1S/C34H33ClN13O9P/c35-20-7-3-4-8-21(20)56-58(51,57-23-10-27(53-24(23)12-49)48-17-44-29-31(37)40-15-42-33(29)48)52-13-25-22(55-34(50)19-6-2-1-5-18(19)11-45-46-38)9-26(54-25)47-16-43-28-30(36)39-14-41-32(28)47/h1-8,14-17,22-27,49H,9-13H2,(H2,36,39,41)(H2,37,40,42)/t22-,23-,24+,25+,26+,27+,58?/m0/s1. The molecular formula is C34H33ClN13O9P. The monoisotopic (exact) mass is 833 g/mol. The van der Waals surface area contributed by atoms with Crippen LogP contribution < -0.4 is 16.0 Å². The van der Waals surface area contributed by atoms with Crippen molar-refractivity contribution in [1.29, 1.82) is 0 Å². The number of imidazole rings is 2. The summed E-state index contributed by atoms with van der Waals surface area (Å²) in [5.41, 5.74) is 22.9. The number of phosphoric acid groups is 1. The molecule has 5 N–H and O–H groups in total. The number of hydrogen-bond donors (Lipinski definition) is 3. The summed E-state index contributed by atoms with van der Waals surface area (Å²) < 4.78 is 54.6. The second kappa shape index (κ2) is 16.5. The first-order valence-corrected chi connectivity index (χ1v) is 19.4. The summed E-state index contributed by atoms with van der Waals surface area (Å²) in [5.74, 6) is -0.455. The van der Waals surface area contributed by atoms with Gasteiger partial charge in [-0.3, -0.25) is 18.2 Å². The minimum Gasteiger partial charge on any atom is -0.456 e. The summed E-state index contributed by atoms with van der Waals surface area (Å²) in [6.07, 6.45) is -0.247. The number of nitrogens with zero attached hydrogens (tertiary/aromatic N) is 11. The lowest BCUT2D eigenvalue weighted by Crippen LogP contribution is -2.32. The number of nitrogen functional groups attached to an aromatic ring is 2. The molecule has 6 heterocycles. The molecule has 22 nitrogen and oxygen atoms in total. The van der Waals surface area contributed by atoms with Crippen LogP contribution >= 0.6 is 19.4 Å². The molecular weight excluding hydrogens is 801 g/mol. The van der Waals surface area contributed by atoms with Gasteiger partial charge in [0, 0.05) is 17.8 Å². The smallest absolute Gasteiger partial charge is 0.456 e. The van der Waals surface area contributed by atoms with Crippen LogP contribution in [-0.4, -0.2) is 87.7 Å². The summed E-state index contributed by atoms with van der Waals surface area (Å²) in [4.78, 5) is 41.6. The van der Waals surface area contributed by atoms with Gasteiger partial charge < -0.3 is 35.3 Å². The van der Waals surface area contributed by atoms with Crippen molar-refractivity contribution in [3.05, 3.63) is 100 Å². The van der Waals surface area contributed by atoms with E-state index in [-0.39, 0.29) is 47.4 Å². The van der Waals surface area contributed by atoms with Crippen LogP contribution in [0.25, 0.3) is 32.8 Å². The molecule has 0 aliphatic carbocycles. The van der Waals surface area contributed by atoms with Gasteiger partial charge in [0.15, 0.2) is 22.9 Å². The Labute approximate surface area is 332 Å². The highest BCUT2D eigenvalue weighted by Crippen LogP contribution is 2.55. The third-order valence-corrected chi connectivity index (χ3v) is 11.2. The highest BCUT2D eigenvalue weighted by atomic mass is 35.5. The van der Waals surface area contributed by atoms with Gasteiger partial charge in [-0.2, -0.15) is 0 Å². The molecule has 4 aromatic heterocycles. The Balaban J connectivity index is 1.08. The summed E-state index contributed by atoms with van der Waals surface area (Å²) >= 11 is 6.42. The SMILES string of the molecule is [N-]=[N+]=NCc1ccccc1C(=O)O[C@H]1C[C@H](n2cnc3c(N)ncnc32)O[C@@H]1COP(=O)(Oc1ccccc1Cl)O[C@H]1C[C@H](n2cnc3c(N)ncnc32)O[C@@H]1CO. The van der Waals surface area contributed by atoms with E-state index in [4.69, 9.17) is 56.4 Å². The number of phosphoric ester groups is 1. The van der Waals surface area contributed by atoms with Crippen LogP contribution in [0, 0.1) is 0 Å². The zero-order chi connectivity index (χ0) is 40.4. The molecule has 6 aromatic rings. The molecule has 8 rings (SSSR count). The lowest BCUT2D eigenvalue weighted by molar-refractivity contribution is -0.0578. The first-order valence-electron chi connectivity index (χ1n) is 17.6. The van der Waals surface area contributed by atoms with Crippen LogP contribution in [0.1, 0.15) is 41.2 Å². The highest BCUT2D eigenvalue weighted by Gasteiger charge is 2.46. The second-order valence-electron chi connectivity index (χ2n) is 13.0. The van der Waals surface area contributed by atoms with Gasteiger partial charge >= 0.3 is 13.8 Å². The van der Waals surface area contributed by atoms with Gasteiger partial charge in [0.2, 0.25) is 0 Å². The van der Waals surface area contributed by atoms with E-state index in [9.17, 15) is 14.5 Å². The van der Waals surface area contributed by atoms with Gasteiger partial charge in [0.1, 0.15) is 66.3 Å². The average molecular weight is 834 g/mol. The van der Waals surface area contributed by atoms with Gasteiger partial charge in [-0.15, -0.1) is 0 Å². The van der Waals surface area contributed by atoms with E-state index in [1.165, 1.54) is 43.5 Å². The zero-order valence-corrected chi connectivity index (χ0v) is 31.7. The lowest BCUT2D eigenvalue weighted by Gasteiger charge is -2.26. The predicted octanol–water partition coefficient (Wildman–Crippen LogP) is 4.68. The molecule has 0 amide bonds. The van der Waals surface area contributed by atoms with E-state index in [0.29, 0.717) is 27.9 Å². The summed E-state index contributed by atoms with van der Waals surface area (Å²) in [7, 11) is -4.71. The van der Waals surface area contributed by atoms with Crippen molar-refractivity contribution < 1.29 is 42.2 Å². The number of halogens is 1. The largest absolute Gasteiger partial charge is 0.530 e. The Kier molecular flexibility index (Phi) is 11.1. The second-order valence-corrected chi connectivity index (χ2v) is 14.9. The van der Waals surface area contributed by atoms with E-state index in [2.05, 4.69) is 39.9 Å². The van der Waals surface area contributed by atoms with Crippen molar-refractivity contribution in [3.8, 4) is 5.75 Å². The van der Waals surface area contributed by atoms with Gasteiger partial charge in [-0.05, 0) is 29.3 Å². The number of anilines is 2. The highest BCUT2D eigenvalue weighted by molar-refractivity contribution is 7.49. The third-order valence-electron chi connectivity index (χ3n) is 9.44. The molecule has 2 fully saturated rings. The molecule has 2 aromatic carbocycles. The third kappa shape index (κ3) is 7.82. The van der Waals surface area contributed by atoms with Crippen molar-refractivity contribution in [2.24, 2.45) is 5.11 Å². The fourth-order valence-corrected chi connectivity index (χ4v) is 8.33. The number of azide groups is 1. The summed E-state index contributed by atoms with van der Waals surface area (Å²) in [5, 5.41) is 14.0. The molecule has 2 saturated heterocycles. The number of esters is 1. The van der Waals surface area contributed by atoms with Crippen LogP contribution in [0.4, 0.5) is 11.6 Å². The van der Waals surface area contributed by atoms with Crippen molar-refractivity contribution in [1.82, 2.24) is 39.0 Å². The Morgan fingerprint density at radius 2 is 1.53 bits per heavy atom. The summed E-state index contributed by atoms with van der Waals surface area (Å²) in [6, 6.07) is 12.8. The number of para-hydroxylation sites is 1. The molecule has 300 valence electrons. The van der Waals surface area contributed by atoms with E-state index in [1.807, 2.05) is 0 Å². The normalized spacial score (nSPS) is 22.8. The van der Waals surface area contributed by atoms with Gasteiger partial charge in [-0.1, -0.05) is 47.0 Å². The van der Waals surface area contributed by atoms with E-state index in [0.717, 1.165) is 0 Å². The maximum absolute atomic E-state index is 14.8. The minimum absolute atomic E-state index is 0.0247. The van der Waals surface area contributed by atoms with Gasteiger partial charge in [0.25, 0.3) is 0 Å². The molecule has 1 unspecified atom stereocenters. The molecule has 2 aliphatic rings.